The molecule has 1 aliphatic heterocycles. The minimum absolute atomic E-state index is 0.0372. The number of nitro benzene ring substituents is 1. The highest BCUT2D eigenvalue weighted by Gasteiger charge is 2.20. The van der Waals surface area contributed by atoms with Crippen LogP contribution in [-0.4, -0.2) is 56.4 Å². The molecule has 0 unspecified atom stereocenters. The van der Waals surface area contributed by atoms with E-state index < -0.39 is 4.92 Å². The van der Waals surface area contributed by atoms with Crippen molar-refractivity contribution in [2.45, 2.75) is 6.54 Å². The number of benzene rings is 1. The minimum Gasteiger partial charge on any atom is -0.337 e. The van der Waals surface area contributed by atoms with Gasteiger partial charge in [0.15, 0.2) is 0 Å². The maximum atomic E-state index is 12.4. The monoisotopic (exact) mass is 391 g/mol. The summed E-state index contributed by atoms with van der Waals surface area (Å²) in [6, 6.07) is 14.2. The average Bonchev–Trinajstić information content (AvgIpc) is 3.15. The summed E-state index contributed by atoms with van der Waals surface area (Å²) in [5, 5.41) is 15.3. The van der Waals surface area contributed by atoms with Crippen LogP contribution in [0.1, 0.15) is 11.3 Å². The Hall–Kier alpha value is -3.52. The highest BCUT2D eigenvalue weighted by atomic mass is 16.6. The number of pyridine rings is 1. The third-order valence-electron chi connectivity index (χ3n) is 5.01. The highest BCUT2D eigenvalue weighted by molar-refractivity contribution is 5.91. The molecule has 4 rings (SSSR count). The van der Waals surface area contributed by atoms with E-state index in [1.807, 2.05) is 33.8 Å². The number of piperazine rings is 1. The fourth-order valence-corrected chi connectivity index (χ4v) is 3.40. The van der Waals surface area contributed by atoms with Crippen LogP contribution in [0.5, 0.6) is 0 Å². The molecule has 1 aliphatic rings. The zero-order chi connectivity index (χ0) is 20.2. The number of nitro groups is 1. The predicted molar refractivity (Wildman–Crippen MR) is 109 cm³/mol. The molecule has 0 saturated carbocycles. The van der Waals surface area contributed by atoms with Crippen LogP contribution in [0, 0.1) is 10.1 Å². The summed E-state index contributed by atoms with van der Waals surface area (Å²) in [4.78, 5) is 26.8. The number of nitrogens with zero attached hydrogens (tertiary/aromatic N) is 5. The van der Waals surface area contributed by atoms with Gasteiger partial charge in [-0.2, -0.15) is 5.10 Å². The number of fused-ring (bicyclic) bond motifs is 1. The van der Waals surface area contributed by atoms with Crippen LogP contribution in [0.3, 0.4) is 0 Å². The van der Waals surface area contributed by atoms with Crippen molar-refractivity contribution < 1.29 is 9.72 Å². The number of rotatable bonds is 5. The lowest BCUT2D eigenvalue weighted by atomic mass is 10.2. The van der Waals surface area contributed by atoms with Crippen LogP contribution in [0.4, 0.5) is 5.69 Å². The maximum absolute atomic E-state index is 12.4. The Morgan fingerprint density at radius 2 is 1.86 bits per heavy atom. The molecule has 1 amide bonds. The summed E-state index contributed by atoms with van der Waals surface area (Å²) in [6.45, 7) is 3.69. The number of non-ortho nitro benzene ring substituents is 1. The number of amides is 1. The van der Waals surface area contributed by atoms with E-state index in [4.69, 9.17) is 0 Å². The third kappa shape index (κ3) is 4.49. The van der Waals surface area contributed by atoms with Gasteiger partial charge in [-0.3, -0.25) is 19.8 Å². The molecule has 0 N–H and O–H groups in total. The van der Waals surface area contributed by atoms with Gasteiger partial charge in [0.2, 0.25) is 5.91 Å². The van der Waals surface area contributed by atoms with E-state index in [1.54, 1.807) is 18.2 Å². The Bertz CT molecular complexity index is 1020. The number of carbonyl (C=O) groups excluding carboxylic acids is 1. The number of hydrogen-bond donors (Lipinski definition) is 0. The van der Waals surface area contributed by atoms with Crippen molar-refractivity contribution in [3.05, 3.63) is 82.2 Å². The van der Waals surface area contributed by atoms with Crippen LogP contribution < -0.4 is 0 Å². The summed E-state index contributed by atoms with van der Waals surface area (Å²) < 4.78 is 1.87. The summed E-state index contributed by atoms with van der Waals surface area (Å²) in [5.41, 5.74) is 2.89. The van der Waals surface area contributed by atoms with E-state index in [-0.39, 0.29) is 11.6 Å². The molecule has 0 radical (unpaired) electrons. The zero-order valence-electron chi connectivity index (χ0n) is 15.8. The second-order valence-electron chi connectivity index (χ2n) is 6.99. The number of hydrogen-bond acceptors (Lipinski definition) is 5. The van der Waals surface area contributed by atoms with Crippen molar-refractivity contribution in [3.63, 3.8) is 0 Å². The molecule has 3 aromatic rings. The summed E-state index contributed by atoms with van der Waals surface area (Å²) in [7, 11) is 0. The van der Waals surface area contributed by atoms with Gasteiger partial charge in [0.25, 0.3) is 5.69 Å². The van der Waals surface area contributed by atoms with E-state index in [9.17, 15) is 14.9 Å². The van der Waals surface area contributed by atoms with Gasteiger partial charge in [-0.15, -0.1) is 0 Å². The van der Waals surface area contributed by atoms with Gasteiger partial charge >= 0.3 is 0 Å². The smallest absolute Gasteiger partial charge is 0.269 e. The fourth-order valence-electron chi connectivity index (χ4n) is 3.40. The SMILES string of the molecule is O=C(C=Cc1ccc([N+](=O)[O-])cc1)N1CCN(Cc2cc3ccccn3n2)CC1. The second kappa shape index (κ2) is 8.24. The molecule has 8 nitrogen and oxygen atoms in total. The van der Waals surface area contributed by atoms with Crippen LogP contribution in [0.15, 0.2) is 60.8 Å². The molecular weight excluding hydrogens is 370 g/mol. The molecule has 29 heavy (non-hydrogen) atoms. The molecule has 1 fully saturated rings. The first-order valence-corrected chi connectivity index (χ1v) is 9.45. The number of aromatic nitrogens is 2. The molecule has 3 heterocycles. The third-order valence-corrected chi connectivity index (χ3v) is 5.01. The van der Waals surface area contributed by atoms with E-state index >= 15 is 0 Å². The summed E-state index contributed by atoms with van der Waals surface area (Å²) >= 11 is 0. The Morgan fingerprint density at radius 1 is 1.10 bits per heavy atom. The van der Waals surface area contributed by atoms with E-state index in [0.29, 0.717) is 13.1 Å². The molecule has 8 heteroatoms. The van der Waals surface area contributed by atoms with Crippen LogP contribution >= 0.6 is 0 Å². The standard InChI is InChI=1S/C21H21N5O3/c27-21(9-6-17-4-7-19(8-5-17)26(28)29)24-13-11-23(12-14-24)16-18-15-20-3-1-2-10-25(20)22-18/h1-10,15H,11-14,16H2. The first-order valence-electron chi connectivity index (χ1n) is 9.45. The van der Waals surface area contributed by atoms with Gasteiger partial charge < -0.3 is 4.90 Å². The van der Waals surface area contributed by atoms with E-state index in [2.05, 4.69) is 16.1 Å². The molecule has 2 aromatic heterocycles. The van der Waals surface area contributed by atoms with Crippen molar-refractivity contribution in [3.8, 4) is 0 Å². The maximum Gasteiger partial charge on any atom is 0.269 e. The predicted octanol–water partition coefficient (Wildman–Crippen LogP) is 2.60. The molecule has 148 valence electrons. The Morgan fingerprint density at radius 3 is 2.55 bits per heavy atom. The highest BCUT2D eigenvalue weighted by Crippen LogP contribution is 2.14. The molecule has 0 atom stereocenters. The van der Waals surface area contributed by atoms with Crippen molar-refractivity contribution in [1.82, 2.24) is 19.4 Å². The van der Waals surface area contributed by atoms with Crippen molar-refractivity contribution in [2.75, 3.05) is 26.2 Å². The Balaban J connectivity index is 1.29. The van der Waals surface area contributed by atoms with Crippen molar-refractivity contribution in [2.24, 2.45) is 0 Å². The summed E-state index contributed by atoms with van der Waals surface area (Å²) in [5.74, 6) is -0.0456. The molecule has 0 spiro atoms. The lowest BCUT2D eigenvalue weighted by molar-refractivity contribution is -0.384. The molecule has 0 aliphatic carbocycles. The summed E-state index contributed by atoms with van der Waals surface area (Å²) in [6.07, 6.45) is 5.15. The topological polar surface area (TPSA) is 84.0 Å². The quantitative estimate of drug-likeness (QED) is 0.379. The van der Waals surface area contributed by atoms with Crippen molar-refractivity contribution in [1.29, 1.82) is 0 Å². The molecule has 0 bridgehead atoms. The molecule has 1 saturated heterocycles. The first-order chi connectivity index (χ1) is 14.1. The first kappa shape index (κ1) is 18.8. The Labute approximate surface area is 167 Å². The zero-order valence-corrected chi connectivity index (χ0v) is 15.8. The number of carbonyl (C=O) groups is 1. The van der Waals surface area contributed by atoms with Gasteiger partial charge in [-0.25, -0.2) is 4.52 Å². The Kier molecular flexibility index (Phi) is 5.35. The van der Waals surface area contributed by atoms with Crippen LogP contribution in [0.25, 0.3) is 11.6 Å². The van der Waals surface area contributed by atoms with Gasteiger partial charge in [0.05, 0.1) is 16.1 Å². The second-order valence-corrected chi connectivity index (χ2v) is 6.99. The van der Waals surface area contributed by atoms with E-state index in [0.717, 1.165) is 36.4 Å². The van der Waals surface area contributed by atoms with Crippen LogP contribution in [-0.2, 0) is 11.3 Å². The fraction of sp³-hybridized carbons (Fsp3) is 0.238. The normalized spacial score (nSPS) is 15.2. The lowest BCUT2D eigenvalue weighted by Gasteiger charge is -2.33. The minimum atomic E-state index is -0.440. The largest absolute Gasteiger partial charge is 0.337 e. The van der Waals surface area contributed by atoms with Gasteiger partial charge in [-0.1, -0.05) is 6.07 Å². The van der Waals surface area contributed by atoms with Crippen LogP contribution in [0.2, 0.25) is 0 Å². The van der Waals surface area contributed by atoms with E-state index in [1.165, 1.54) is 18.2 Å². The van der Waals surface area contributed by atoms with Gasteiger partial charge in [-0.05, 0) is 42.0 Å². The molecule has 1 aromatic carbocycles. The molecular formula is C21H21N5O3. The van der Waals surface area contributed by atoms with Crippen molar-refractivity contribution >= 4 is 23.2 Å². The lowest BCUT2D eigenvalue weighted by Crippen LogP contribution is -2.47. The van der Waals surface area contributed by atoms with Gasteiger partial charge in [0.1, 0.15) is 0 Å². The average molecular weight is 391 g/mol. The van der Waals surface area contributed by atoms with Gasteiger partial charge in [0, 0.05) is 57.1 Å².